The van der Waals surface area contributed by atoms with Gasteiger partial charge in [0.15, 0.2) is 0 Å². The lowest BCUT2D eigenvalue weighted by Crippen LogP contribution is -2.67. The number of carbonyl (C=O) groups is 4. The first-order valence-electron chi connectivity index (χ1n) is 20.5. The van der Waals surface area contributed by atoms with E-state index in [2.05, 4.69) is 15.0 Å². The number of amides is 4. The van der Waals surface area contributed by atoms with Crippen molar-refractivity contribution in [1.29, 1.82) is 0 Å². The highest BCUT2D eigenvalue weighted by Crippen LogP contribution is 2.48. The highest BCUT2D eigenvalue weighted by Gasteiger charge is 2.63. The van der Waals surface area contributed by atoms with Crippen LogP contribution in [0.15, 0.2) is 42.6 Å². The molecule has 17 heteroatoms. The van der Waals surface area contributed by atoms with E-state index in [4.69, 9.17) is 9.47 Å². The largest absolute Gasteiger partial charge is 0.494 e. The average molecular weight is 846 g/mol. The third kappa shape index (κ3) is 8.58. The van der Waals surface area contributed by atoms with Gasteiger partial charge in [-0.05, 0) is 108 Å². The van der Waals surface area contributed by atoms with Crippen LogP contribution in [0, 0.1) is 17.8 Å². The molecular formula is C42H57F2N5O9S. The minimum absolute atomic E-state index is 0.0894. The summed E-state index contributed by atoms with van der Waals surface area (Å²) in [4.78, 5) is 63.3. The topological polar surface area (TPSA) is 185 Å². The first kappa shape index (κ1) is 44.0. The summed E-state index contributed by atoms with van der Waals surface area (Å²) in [6.07, 6.45) is 5.00. The van der Waals surface area contributed by atoms with Gasteiger partial charge in [0.2, 0.25) is 27.7 Å². The molecule has 1 saturated heterocycles. The molecule has 0 spiro atoms. The smallest absolute Gasteiger partial charge is 0.408 e. The molecule has 6 rings (SSSR count). The number of hydrogen-bond acceptors (Lipinski definition) is 9. The maximum atomic E-state index is 15.5. The highest BCUT2D eigenvalue weighted by molar-refractivity contribution is 7.91. The van der Waals surface area contributed by atoms with Gasteiger partial charge in [0.25, 0.3) is 11.8 Å². The van der Waals surface area contributed by atoms with Crippen LogP contribution in [0.3, 0.4) is 0 Å². The minimum atomic E-state index is -4.09. The van der Waals surface area contributed by atoms with E-state index in [1.165, 1.54) is 4.90 Å². The van der Waals surface area contributed by atoms with E-state index in [-0.39, 0.29) is 37.6 Å². The molecule has 2 aliphatic heterocycles. The Morgan fingerprint density at radius 1 is 1.14 bits per heavy atom. The van der Waals surface area contributed by atoms with Crippen LogP contribution in [0.5, 0.6) is 11.6 Å². The van der Waals surface area contributed by atoms with Crippen molar-refractivity contribution >= 4 is 44.6 Å². The Bertz CT molecular complexity index is 2110. The molecule has 2 aromatic rings. The normalized spacial score (nSPS) is 29.2. The molecule has 4 aliphatic rings. The van der Waals surface area contributed by atoms with Crippen molar-refractivity contribution in [2.45, 2.75) is 140 Å². The number of nitrogens with one attached hydrogen (secondary N) is 2. The molecule has 3 fully saturated rings. The fourth-order valence-corrected chi connectivity index (χ4v) is 9.79. The predicted molar refractivity (Wildman–Crippen MR) is 215 cm³/mol. The number of carbonyl (C=O) groups excluding carboxylic acids is 3. The second-order valence-electron chi connectivity index (χ2n) is 17.6. The van der Waals surface area contributed by atoms with Gasteiger partial charge < -0.3 is 24.8 Å². The van der Waals surface area contributed by atoms with E-state index < -0.39 is 85.6 Å². The molecule has 0 bridgehead atoms. The van der Waals surface area contributed by atoms with Crippen LogP contribution in [0.25, 0.3) is 10.8 Å². The number of halogens is 2. The van der Waals surface area contributed by atoms with Crippen molar-refractivity contribution in [3.05, 3.63) is 42.6 Å². The van der Waals surface area contributed by atoms with Crippen LogP contribution in [0.1, 0.15) is 99.8 Å². The summed E-state index contributed by atoms with van der Waals surface area (Å²) in [7, 11) is -4.09. The molecule has 4 amide bonds. The molecule has 2 aliphatic carbocycles. The predicted octanol–water partition coefficient (Wildman–Crippen LogP) is 6.04. The highest BCUT2D eigenvalue weighted by atomic mass is 32.2. The number of fused-ring (bicyclic) bond motifs is 3. The van der Waals surface area contributed by atoms with Crippen LogP contribution < -0.4 is 19.5 Å². The number of alkyl halides is 2. The Morgan fingerprint density at radius 3 is 2.47 bits per heavy atom. The molecule has 1 aromatic heterocycles. The Labute approximate surface area is 344 Å². The van der Waals surface area contributed by atoms with E-state index in [9.17, 15) is 27.9 Å². The standard InChI is InChI=1S/C42H57F2N5O9S/c1-8-26-20-25(3)12-10-11-13-28-23-42(28,37(52)47-59(55,56)40(6)17-18-40)46-34(50)32-22-30(58-35-31-15-14-29(57-9-2)21-27(31)16-19-45-35)24-48(32)36(51)33(26)49(38(53)54)39(4,5)41(7,43)44/h11,13-16,19,21,25-26,28,30,32-33H,8-10,12,17-18,20,22-24H2,1-7H3,(H,46,50)(H,47,52)(H,53,54)/b13-11-/t25-,26-,28-,30-,32+,33+,42-/m1/s1. The zero-order valence-corrected chi connectivity index (χ0v) is 35.6. The Balaban J connectivity index is 1.43. The molecule has 324 valence electrons. The number of carboxylic acid groups (broad SMARTS) is 1. The molecule has 3 N–H and O–H groups in total. The molecule has 14 nitrogen and oxygen atoms in total. The van der Waals surface area contributed by atoms with Crippen molar-refractivity contribution in [3.8, 4) is 11.6 Å². The maximum absolute atomic E-state index is 15.5. The molecule has 0 unspecified atom stereocenters. The Morgan fingerprint density at radius 2 is 1.85 bits per heavy atom. The van der Waals surface area contributed by atoms with E-state index in [1.807, 2.05) is 26.0 Å². The van der Waals surface area contributed by atoms with Crippen molar-refractivity contribution in [1.82, 2.24) is 24.8 Å². The summed E-state index contributed by atoms with van der Waals surface area (Å²) in [6.45, 7) is 10.1. The first-order valence-corrected chi connectivity index (χ1v) is 22.0. The molecular weight excluding hydrogens is 789 g/mol. The van der Waals surface area contributed by atoms with Crippen LogP contribution in [-0.4, -0.2) is 105 Å². The number of ether oxygens (including phenoxy) is 2. The quantitative estimate of drug-likeness (QED) is 0.226. The average Bonchev–Trinajstić information content (AvgIpc) is 4.03. The van der Waals surface area contributed by atoms with Gasteiger partial charge in [-0.15, -0.1) is 0 Å². The van der Waals surface area contributed by atoms with Gasteiger partial charge in [-0.2, -0.15) is 0 Å². The van der Waals surface area contributed by atoms with Gasteiger partial charge in [-0.1, -0.05) is 32.4 Å². The van der Waals surface area contributed by atoms with E-state index in [0.29, 0.717) is 61.7 Å². The number of nitrogens with zero attached hydrogens (tertiary/aromatic N) is 3. The summed E-state index contributed by atoms with van der Waals surface area (Å²) in [6, 6.07) is 4.11. The number of allylic oxidation sites excluding steroid dienone is 1. The third-order valence-corrected chi connectivity index (χ3v) is 15.2. The molecule has 59 heavy (non-hydrogen) atoms. The second-order valence-corrected chi connectivity index (χ2v) is 19.8. The van der Waals surface area contributed by atoms with E-state index >= 15 is 13.6 Å². The van der Waals surface area contributed by atoms with Gasteiger partial charge in [-0.3, -0.25) is 24.0 Å². The number of sulfonamides is 1. The van der Waals surface area contributed by atoms with Crippen molar-refractivity contribution in [2.24, 2.45) is 17.8 Å². The minimum Gasteiger partial charge on any atom is -0.494 e. The van der Waals surface area contributed by atoms with Crippen molar-refractivity contribution < 1.29 is 51.0 Å². The number of hydrogen-bond donors (Lipinski definition) is 3. The third-order valence-electron chi connectivity index (χ3n) is 13.0. The summed E-state index contributed by atoms with van der Waals surface area (Å²) in [5.41, 5.74) is -4.03. The Hall–Kier alpha value is -4.54. The van der Waals surface area contributed by atoms with E-state index in [0.717, 1.165) is 19.2 Å². The lowest BCUT2D eigenvalue weighted by Gasteiger charge is -2.47. The second kappa shape index (κ2) is 16.1. The van der Waals surface area contributed by atoms with Crippen LogP contribution in [-0.2, 0) is 24.4 Å². The van der Waals surface area contributed by atoms with Crippen LogP contribution in [0.2, 0.25) is 0 Å². The van der Waals surface area contributed by atoms with Gasteiger partial charge in [0.05, 0.1) is 17.9 Å². The number of pyridine rings is 1. The van der Waals surface area contributed by atoms with Gasteiger partial charge in [0, 0.05) is 30.8 Å². The zero-order valence-electron chi connectivity index (χ0n) is 34.8. The van der Waals surface area contributed by atoms with Gasteiger partial charge >= 0.3 is 6.09 Å². The lowest BCUT2D eigenvalue weighted by atomic mass is 9.81. The molecule has 2 saturated carbocycles. The molecule has 1 aromatic carbocycles. The number of benzene rings is 1. The lowest BCUT2D eigenvalue weighted by molar-refractivity contribution is -0.157. The fourth-order valence-electron chi connectivity index (χ4n) is 8.48. The number of rotatable bonds is 11. The molecule has 0 radical (unpaired) electrons. The SMILES string of the molecule is CCOc1ccc2c(O[C@@H]3C[C@H]4C(=O)N[C@]5(C(=O)NS(=O)(=O)C6(C)CC6)C[C@H]5/C=C\CC[C@@H](C)C[C@@H](CC)[C@H](N(C(=O)O)C(C)(C)C(C)(F)F)C(=O)N4C3)nccc2c1. The first-order chi connectivity index (χ1) is 27.6. The van der Waals surface area contributed by atoms with Crippen LogP contribution in [0.4, 0.5) is 13.6 Å². The maximum Gasteiger partial charge on any atom is 0.408 e. The molecule has 7 atom stereocenters. The Kier molecular flexibility index (Phi) is 12.0. The van der Waals surface area contributed by atoms with Gasteiger partial charge in [0.1, 0.15) is 35.0 Å². The summed E-state index contributed by atoms with van der Waals surface area (Å²) in [5.74, 6) is -6.69. The zero-order chi connectivity index (χ0) is 43.3. The van der Waals surface area contributed by atoms with Crippen molar-refractivity contribution in [3.63, 3.8) is 0 Å². The summed E-state index contributed by atoms with van der Waals surface area (Å²) < 4.78 is 70.6. The molecule has 3 heterocycles. The van der Waals surface area contributed by atoms with Crippen LogP contribution >= 0.6 is 0 Å². The van der Waals surface area contributed by atoms with E-state index in [1.54, 1.807) is 44.3 Å². The summed E-state index contributed by atoms with van der Waals surface area (Å²) in [5, 5.41) is 14.9. The van der Waals surface area contributed by atoms with Crippen molar-refractivity contribution in [2.75, 3.05) is 13.2 Å². The van der Waals surface area contributed by atoms with Gasteiger partial charge in [-0.25, -0.2) is 27.0 Å². The fraction of sp³-hybridized carbons (Fsp3) is 0.643. The number of aromatic nitrogens is 1. The monoisotopic (exact) mass is 845 g/mol. The summed E-state index contributed by atoms with van der Waals surface area (Å²) >= 11 is 0.